The van der Waals surface area contributed by atoms with Gasteiger partial charge in [-0.25, -0.2) is 5.43 Å². The Kier molecular flexibility index (Phi) is 6.67. The Labute approximate surface area is 178 Å². The van der Waals surface area contributed by atoms with E-state index in [1.807, 2.05) is 30.3 Å². The molecule has 0 saturated carbocycles. The third-order valence-electron chi connectivity index (χ3n) is 3.59. The zero-order valence-electron chi connectivity index (χ0n) is 14.4. The van der Waals surface area contributed by atoms with Crippen LogP contribution in [0.4, 0.5) is 11.4 Å². The van der Waals surface area contributed by atoms with E-state index in [0.29, 0.717) is 27.0 Å². The molecule has 0 aliphatic carbocycles. The molecule has 0 fully saturated rings. The number of carbonyl (C=O) groups excluding carboxylic acids is 1. The van der Waals surface area contributed by atoms with Crippen molar-refractivity contribution in [2.24, 2.45) is 15.3 Å². The van der Waals surface area contributed by atoms with Crippen molar-refractivity contribution in [3.05, 3.63) is 86.8 Å². The fourth-order valence-electron chi connectivity index (χ4n) is 2.23. The number of carbonyl (C=O) groups is 1. The molecule has 3 rings (SSSR count). The molecule has 2 N–H and O–H groups in total. The maximum Gasteiger partial charge on any atom is 0.272 e. The van der Waals surface area contributed by atoms with Crippen LogP contribution >= 0.6 is 31.9 Å². The number of phenols is 1. The largest absolute Gasteiger partial charge is 0.507 e. The maximum atomic E-state index is 12.1. The van der Waals surface area contributed by atoms with Gasteiger partial charge in [0.25, 0.3) is 5.91 Å². The van der Waals surface area contributed by atoms with Gasteiger partial charge in [-0.15, -0.1) is 0 Å². The van der Waals surface area contributed by atoms with Gasteiger partial charge in [-0.3, -0.25) is 4.79 Å². The molecule has 0 aliphatic heterocycles. The van der Waals surface area contributed by atoms with Crippen LogP contribution < -0.4 is 5.43 Å². The van der Waals surface area contributed by atoms with Crippen LogP contribution in [0.2, 0.25) is 0 Å². The highest BCUT2D eigenvalue weighted by Gasteiger charge is 2.08. The lowest BCUT2D eigenvalue weighted by Gasteiger charge is -2.03. The van der Waals surface area contributed by atoms with Gasteiger partial charge < -0.3 is 5.11 Å². The van der Waals surface area contributed by atoms with Crippen molar-refractivity contribution in [1.82, 2.24) is 5.43 Å². The number of amides is 1. The molecule has 0 unspecified atom stereocenters. The molecule has 28 heavy (non-hydrogen) atoms. The summed E-state index contributed by atoms with van der Waals surface area (Å²) in [7, 11) is 0. The number of hydrogen-bond donors (Lipinski definition) is 2. The van der Waals surface area contributed by atoms with Crippen LogP contribution in [0.3, 0.4) is 0 Å². The van der Waals surface area contributed by atoms with Crippen LogP contribution in [-0.4, -0.2) is 17.2 Å². The number of rotatable bonds is 5. The topological polar surface area (TPSA) is 86.4 Å². The number of azo groups is 1. The van der Waals surface area contributed by atoms with Crippen molar-refractivity contribution in [2.45, 2.75) is 0 Å². The SMILES string of the molecule is O=C(N/N=C\c1cc(N=Nc2cccc(Br)c2)ccc1O)c1ccccc1Br. The molecule has 0 radical (unpaired) electrons. The highest BCUT2D eigenvalue weighted by atomic mass is 79.9. The number of nitrogens with one attached hydrogen (secondary N) is 1. The van der Waals surface area contributed by atoms with E-state index < -0.39 is 0 Å². The molecule has 6 nitrogen and oxygen atoms in total. The van der Waals surface area contributed by atoms with Crippen molar-refractivity contribution in [3.63, 3.8) is 0 Å². The first kappa shape index (κ1) is 19.9. The van der Waals surface area contributed by atoms with Crippen molar-refractivity contribution >= 4 is 55.4 Å². The van der Waals surface area contributed by atoms with Gasteiger partial charge in [0, 0.05) is 14.5 Å². The second-order valence-electron chi connectivity index (χ2n) is 5.60. The Morgan fingerprint density at radius 3 is 2.43 bits per heavy atom. The standard InChI is InChI=1S/C20H14Br2N4O2/c21-14-4-3-5-15(11-14)24-25-16-8-9-19(27)13(10-16)12-23-26-20(28)17-6-1-2-7-18(17)22/h1-12,27H,(H,26,28)/b23-12-,25-24?. The van der Waals surface area contributed by atoms with Crippen molar-refractivity contribution in [2.75, 3.05) is 0 Å². The monoisotopic (exact) mass is 500 g/mol. The summed E-state index contributed by atoms with van der Waals surface area (Å²) in [5.74, 6) is -0.353. The molecule has 0 spiro atoms. The van der Waals surface area contributed by atoms with Crippen LogP contribution in [0.5, 0.6) is 5.75 Å². The highest BCUT2D eigenvalue weighted by Crippen LogP contribution is 2.25. The summed E-state index contributed by atoms with van der Waals surface area (Å²) in [6, 6.07) is 19.2. The molecule has 0 heterocycles. The molecular formula is C20H14Br2N4O2. The first-order valence-electron chi connectivity index (χ1n) is 8.11. The van der Waals surface area contributed by atoms with Gasteiger partial charge in [-0.2, -0.15) is 15.3 Å². The van der Waals surface area contributed by atoms with Crippen LogP contribution in [0.25, 0.3) is 0 Å². The van der Waals surface area contributed by atoms with E-state index in [4.69, 9.17) is 0 Å². The fraction of sp³-hybridized carbons (Fsp3) is 0. The van der Waals surface area contributed by atoms with Gasteiger partial charge in [-0.05, 0) is 64.5 Å². The Hall–Kier alpha value is -2.84. The second-order valence-corrected chi connectivity index (χ2v) is 7.37. The number of phenolic OH excluding ortho intramolecular Hbond substituents is 1. The van der Waals surface area contributed by atoms with E-state index in [1.165, 1.54) is 12.3 Å². The zero-order chi connectivity index (χ0) is 19.9. The molecule has 8 heteroatoms. The molecule has 3 aromatic rings. The minimum Gasteiger partial charge on any atom is -0.507 e. The molecule has 1 amide bonds. The van der Waals surface area contributed by atoms with Crippen LogP contribution in [0.1, 0.15) is 15.9 Å². The predicted octanol–water partition coefficient (Wildman–Crippen LogP) is 6.10. The lowest BCUT2D eigenvalue weighted by Crippen LogP contribution is -2.18. The predicted molar refractivity (Wildman–Crippen MR) is 116 cm³/mol. The summed E-state index contributed by atoms with van der Waals surface area (Å²) in [4.78, 5) is 12.1. The summed E-state index contributed by atoms with van der Waals surface area (Å²) in [5.41, 5.74) is 4.52. The summed E-state index contributed by atoms with van der Waals surface area (Å²) < 4.78 is 1.57. The van der Waals surface area contributed by atoms with E-state index in [9.17, 15) is 9.90 Å². The Morgan fingerprint density at radius 2 is 1.68 bits per heavy atom. The summed E-state index contributed by atoms with van der Waals surface area (Å²) in [5, 5.41) is 22.2. The Balaban J connectivity index is 1.72. The first-order chi connectivity index (χ1) is 13.5. The molecule has 140 valence electrons. The molecule has 0 atom stereocenters. The molecule has 3 aromatic carbocycles. The van der Waals surface area contributed by atoms with Crippen LogP contribution in [-0.2, 0) is 0 Å². The van der Waals surface area contributed by atoms with Crippen LogP contribution in [0, 0.1) is 0 Å². The fourth-order valence-corrected chi connectivity index (χ4v) is 3.08. The first-order valence-corrected chi connectivity index (χ1v) is 9.70. The van der Waals surface area contributed by atoms with Gasteiger partial charge in [0.05, 0.1) is 23.2 Å². The number of nitrogens with zero attached hydrogens (tertiary/aromatic N) is 3. The van der Waals surface area contributed by atoms with Crippen LogP contribution in [0.15, 0.2) is 91.0 Å². The van der Waals surface area contributed by atoms with Gasteiger partial charge >= 0.3 is 0 Å². The van der Waals surface area contributed by atoms with E-state index in [2.05, 4.69) is 52.6 Å². The van der Waals surface area contributed by atoms with Gasteiger partial charge in [-0.1, -0.05) is 34.1 Å². The van der Waals surface area contributed by atoms with Crippen molar-refractivity contribution < 1.29 is 9.90 Å². The molecular weight excluding hydrogens is 488 g/mol. The molecule has 0 bridgehead atoms. The summed E-state index contributed by atoms with van der Waals surface area (Å²) in [6.45, 7) is 0. The van der Waals surface area contributed by atoms with Crippen molar-refractivity contribution in [3.8, 4) is 5.75 Å². The maximum absolute atomic E-state index is 12.1. The highest BCUT2D eigenvalue weighted by molar-refractivity contribution is 9.10. The normalized spacial score (nSPS) is 11.2. The van der Waals surface area contributed by atoms with Gasteiger partial charge in [0.2, 0.25) is 0 Å². The number of benzene rings is 3. The van der Waals surface area contributed by atoms with E-state index in [1.54, 1.807) is 30.3 Å². The Bertz CT molecular complexity index is 1070. The smallest absolute Gasteiger partial charge is 0.272 e. The van der Waals surface area contributed by atoms with Gasteiger partial charge in [0.15, 0.2) is 0 Å². The van der Waals surface area contributed by atoms with E-state index in [0.717, 1.165) is 4.47 Å². The van der Waals surface area contributed by atoms with Crippen molar-refractivity contribution in [1.29, 1.82) is 0 Å². The number of hydrazone groups is 1. The number of aromatic hydroxyl groups is 1. The molecule has 0 aromatic heterocycles. The second kappa shape index (κ2) is 9.38. The quantitative estimate of drug-likeness (QED) is 0.251. The summed E-state index contributed by atoms with van der Waals surface area (Å²) >= 11 is 6.70. The number of hydrogen-bond acceptors (Lipinski definition) is 5. The third-order valence-corrected chi connectivity index (χ3v) is 4.77. The average molecular weight is 502 g/mol. The lowest BCUT2D eigenvalue weighted by atomic mass is 10.2. The average Bonchev–Trinajstić information content (AvgIpc) is 2.68. The lowest BCUT2D eigenvalue weighted by molar-refractivity contribution is 0.0954. The van der Waals surface area contributed by atoms with E-state index in [-0.39, 0.29) is 11.7 Å². The Morgan fingerprint density at radius 1 is 0.929 bits per heavy atom. The molecule has 0 aliphatic rings. The van der Waals surface area contributed by atoms with E-state index >= 15 is 0 Å². The third kappa shape index (κ3) is 5.34. The minimum atomic E-state index is -0.367. The zero-order valence-corrected chi connectivity index (χ0v) is 17.6. The summed E-state index contributed by atoms with van der Waals surface area (Å²) in [6.07, 6.45) is 1.35. The van der Waals surface area contributed by atoms with Gasteiger partial charge in [0.1, 0.15) is 5.75 Å². The molecule has 0 saturated heterocycles. The minimum absolute atomic E-state index is 0.0142. The number of halogens is 2.